The van der Waals surface area contributed by atoms with E-state index in [-0.39, 0.29) is 17.9 Å². The average Bonchev–Trinajstić information content (AvgIpc) is 2.51. The number of hydrogen-bond acceptors (Lipinski definition) is 2. The molecule has 0 spiro atoms. The van der Waals surface area contributed by atoms with Gasteiger partial charge < -0.3 is 10.1 Å². The largest absolute Gasteiger partial charge is 0.483 e. The summed E-state index contributed by atoms with van der Waals surface area (Å²) in [5.41, 5.74) is 1.83. The van der Waals surface area contributed by atoms with E-state index in [4.69, 9.17) is 27.9 Å². The molecule has 2 aromatic rings. The number of rotatable bonds is 5. The molecule has 0 atom stereocenters. The van der Waals surface area contributed by atoms with E-state index in [0.717, 1.165) is 16.9 Å². The van der Waals surface area contributed by atoms with E-state index in [1.165, 1.54) is 0 Å². The van der Waals surface area contributed by atoms with E-state index in [1.807, 2.05) is 24.3 Å². The van der Waals surface area contributed by atoms with Gasteiger partial charge in [-0.2, -0.15) is 0 Å². The first kappa shape index (κ1) is 18.6. The Balaban J connectivity index is 1.92. The van der Waals surface area contributed by atoms with E-state index in [2.05, 4.69) is 26.1 Å². The second-order valence-electron chi connectivity index (χ2n) is 6.55. The molecule has 0 aromatic heterocycles. The zero-order valence-electron chi connectivity index (χ0n) is 14.0. The molecule has 0 fully saturated rings. The molecular formula is C19H21Cl2NO2. The normalized spacial score (nSPS) is 11.2. The van der Waals surface area contributed by atoms with Gasteiger partial charge in [-0.3, -0.25) is 4.79 Å². The lowest BCUT2D eigenvalue weighted by Gasteiger charge is -2.22. The van der Waals surface area contributed by atoms with E-state index >= 15 is 0 Å². The number of hydrogen-bond donors (Lipinski definition) is 1. The molecule has 5 heteroatoms. The molecule has 3 nitrogen and oxygen atoms in total. The third-order valence-corrected chi connectivity index (χ3v) is 4.13. The summed E-state index contributed by atoms with van der Waals surface area (Å²) in [4.78, 5) is 12.0. The van der Waals surface area contributed by atoms with Crippen LogP contribution in [-0.2, 0) is 16.8 Å². The highest BCUT2D eigenvalue weighted by molar-refractivity contribution is 6.35. The molecule has 128 valence electrons. The van der Waals surface area contributed by atoms with E-state index in [9.17, 15) is 4.79 Å². The minimum atomic E-state index is -0.204. The zero-order valence-corrected chi connectivity index (χ0v) is 15.5. The fourth-order valence-electron chi connectivity index (χ4n) is 2.27. The van der Waals surface area contributed by atoms with Crippen LogP contribution in [0.1, 0.15) is 31.9 Å². The minimum Gasteiger partial charge on any atom is -0.483 e. The van der Waals surface area contributed by atoms with E-state index < -0.39 is 0 Å². The van der Waals surface area contributed by atoms with Crippen molar-refractivity contribution in [3.05, 3.63) is 63.6 Å². The molecule has 0 aliphatic carbocycles. The highest BCUT2D eigenvalue weighted by atomic mass is 35.5. The van der Waals surface area contributed by atoms with Crippen LogP contribution in [0.4, 0.5) is 0 Å². The van der Waals surface area contributed by atoms with Crippen LogP contribution in [0.3, 0.4) is 0 Å². The van der Waals surface area contributed by atoms with Crippen molar-refractivity contribution in [1.29, 1.82) is 0 Å². The molecule has 0 saturated heterocycles. The zero-order chi connectivity index (χ0) is 17.7. The summed E-state index contributed by atoms with van der Waals surface area (Å²) in [5, 5.41) is 3.89. The van der Waals surface area contributed by atoms with Gasteiger partial charge in [0.1, 0.15) is 5.75 Å². The van der Waals surface area contributed by atoms with Crippen molar-refractivity contribution >= 4 is 29.1 Å². The maximum absolute atomic E-state index is 12.0. The molecule has 24 heavy (non-hydrogen) atoms. The molecule has 0 aliphatic rings. The van der Waals surface area contributed by atoms with Crippen LogP contribution in [0.2, 0.25) is 10.0 Å². The lowest BCUT2D eigenvalue weighted by molar-refractivity contribution is -0.123. The van der Waals surface area contributed by atoms with Gasteiger partial charge in [0.05, 0.1) is 0 Å². The van der Waals surface area contributed by atoms with E-state index in [1.54, 1.807) is 18.2 Å². The fraction of sp³-hybridized carbons (Fsp3) is 0.316. The Morgan fingerprint density at radius 3 is 2.50 bits per heavy atom. The van der Waals surface area contributed by atoms with Crippen molar-refractivity contribution in [2.75, 3.05) is 6.61 Å². The monoisotopic (exact) mass is 365 g/mol. The molecule has 1 amide bonds. The second kappa shape index (κ2) is 7.91. The van der Waals surface area contributed by atoms with Crippen LogP contribution in [0, 0.1) is 0 Å². The molecule has 0 aliphatic heterocycles. The summed E-state index contributed by atoms with van der Waals surface area (Å²) in [6.07, 6.45) is 0. The van der Waals surface area contributed by atoms with Crippen molar-refractivity contribution in [3.63, 3.8) is 0 Å². The number of benzene rings is 2. The Morgan fingerprint density at radius 2 is 1.83 bits per heavy atom. The smallest absolute Gasteiger partial charge is 0.258 e. The third kappa shape index (κ3) is 5.15. The molecule has 0 saturated carbocycles. The summed E-state index contributed by atoms with van der Waals surface area (Å²) in [6, 6.07) is 12.9. The number of nitrogens with one attached hydrogen (secondary N) is 1. The first-order valence-corrected chi connectivity index (χ1v) is 8.46. The molecule has 0 radical (unpaired) electrons. The third-order valence-electron chi connectivity index (χ3n) is 3.54. The van der Waals surface area contributed by atoms with Gasteiger partial charge in [0, 0.05) is 16.6 Å². The molecule has 0 heterocycles. The number of ether oxygens (including phenoxy) is 1. The van der Waals surface area contributed by atoms with Gasteiger partial charge in [-0.15, -0.1) is 0 Å². The minimum absolute atomic E-state index is 0.0434. The number of para-hydroxylation sites is 1. The van der Waals surface area contributed by atoms with E-state index in [0.29, 0.717) is 16.6 Å². The average molecular weight is 366 g/mol. The van der Waals surface area contributed by atoms with Crippen LogP contribution in [-0.4, -0.2) is 12.5 Å². The van der Waals surface area contributed by atoms with Gasteiger partial charge in [0.25, 0.3) is 5.91 Å². The fourth-order valence-corrected chi connectivity index (χ4v) is 2.74. The van der Waals surface area contributed by atoms with Crippen molar-refractivity contribution in [2.45, 2.75) is 32.7 Å². The molecule has 0 unspecified atom stereocenters. The Kier molecular flexibility index (Phi) is 6.14. The van der Waals surface area contributed by atoms with Gasteiger partial charge >= 0.3 is 0 Å². The van der Waals surface area contributed by atoms with Crippen molar-refractivity contribution in [2.24, 2.45) is 0 Å². The maximum Gasteiger partial charge on any atom is 0.258 e. The highest BCUT2D eigenvalue weighted by Gasteiger charge is 2.18. The second-order valence-corrected chi connectivity index (χ2v) is 7.39. The van der Waals surface area contributed by atoms with Gasteiger partial charge in [-0.05, 0) is 34.7 Å². The quantitative estimate of drug-likeness (QED) is 0.810. The maximum atomic E-state index is 12.0. The van der Waals surface area contributed by atoms with Gasteiger partial charge in [-0.1, -0.05) is 68.2 Å². The Labute approximate surface area is 152 Å². The predicted molar refractivity (Wildman–Crippen MR) is 98.9 cm³/mol. The molecule has 2 rings (SSSR count). The number of carbonyl (C=O) groups is 1. The van der Waals surface area contributed by atoms with Gasteiger partial charge in [0.2, 0.25) is 0 Å². The van der Waals surface area contributed by atoms with Crippen molar-refractivity contribution in [1.82, 2.24) is 5.32 Å². The van der Waals surface area contributed by atoms with Crippen LogP contribution in [0.15, 0.2) is 42.5 Å². The topological polar surface area (TPSA) is 38.3 Å². The van der Waals surface area contributed by atoms with Gasteiger partial charge in [-0.25, -0.2) is 0 Å². The van der Waals surface area contributed by atoms with Gasteiger partial charge in [0.15, 0.2) is 6.61 Å². The summed E-state index contributed by atoms with van der Waals surface area (Å²) < 4.78 is 5.70. The number of halogens is 2. The lowest BCUT2D eigenvalue weighted by Crippen LogP contribution is -2.29. The standard InChI is InChI=1S/C19H21Cl2NO2/c1-19(2,3)15-6-4-5-7-17(15)24-12-18(23)22-11-13-8-9-14(20)10-16(13)21/h4-10H,11-12H2,1-3H3,(H,22,23). The van der Waals surface area contributed by atoms with Crippen LogP contribution >= 0.6 is 23.2 Å². The Morgan fingerprint density at radius 1 is 1.12 bits per heavy atom. The molecule has 2 aromatic carbocycles. The van der Waals surface area contributed by atoms with Crippen LogP contribution in [0.25, 0.3) is 0 Å². The molecule has 0 bridgehead atoms. The number of carbonyl (C=O) groups excluding carboxylic acids is 1. The highest BCUT2D eigenvalue weighted by Crippen LogP contribution is 2.30. The SMILES string of the molecule is CC(C)(C)c1ccccc1OCC(=O)NCc1ccc(Cl)cc1Cl. The lowest BCUT2D eigenvalue weighted by atomic mass is 9.86. The van der Waals surface area contributed by atoms with Crippen LogP contribution < -0.4 is 10.1 Å². The summed E-state index contributed by atoms with van der Waals surface area (Å²) in [7, 11) is 0. The first-order chi connectivity index (χ1) is 11.3. The van der Waals surface area contributed by atoms with Crippen molar-refractivity contribution < 1.29 is 9.53 Å². The number of amides is 1. The summed E-state index contributed by atoms with van der Waals surface area (Å²) in [6.45, 7) is 6.62. The summed E-state index contributed by atoms with van der Waals surface area (Å²) in [5.74, 6) is 0.523. The Hall–Kier alpha value is -1.71. The molecular weight excluding hydrogens is 345 g/mol. The summed E-state index contributed by atoms with van der Waals surface area (Å²) >= 11 is 11.9. The first-order valence-electron chi connectivity index (χ1n) is 7.70. The van der Waals surface area contributed by atoms with Crippen molar-refractivity contribution in [3.8, 4) is 5.75 Å². The Bertz CT molecular complexity index is 724. The van der Waals surface area contributed by atoms with Crippen LogP contribution in [0.5, 0.6) is 5.75 Å². The predicted octanol–water partition coefficient (Wildman–Crippen LogP) is 4.99. The molecule has 1 N–H and O–H groups in total.